The molecule has 2 aromatic carbocycles. The zero-order valence-corrected chi connectivity index (χ0v) is 17.9. The molecule has 162 valence electrons. The van der Waals surface area contributed by atoms with Crippen LogP contribution in [0.25, 0.3) is 10.9 Å². The molecule has 2 aliphatic heterocycles. The summed E-state index contributed by atoms with van der Waals surface area (Å²) in [6, 6.07) is 14.2. The second-order valence-electron chi connectivity index (χ2n) is 8.20. The highest BCUT2D eigenvalue weighted by molar-refractivity contribution is 5.84. The van der Waals surface area contributed by atoms with Gasteiger partial charge >= 0.3 is 0 Å². The van der Waals surface area contributed by atoms with Crippen LogP contribution in [-0.4, -0.2) is 37.7 Å². The van der Waals surface area contributed by atoms with Gasteiger partial charge in [0.05, 0.1) is 18.7 Å². The molecule has 7 heteroatoms. The number of rotatable bonds is 5. The number of fused-ring (bicyclic) bond motifs is 2. The van der Waals surface area contributed by atoms with Crippen LogP contribution in [0.5, 0.6) is 11.5 Å². The Morgan fingerprint density at radius 1 is 1.00 bits per heavy atom. The third-order valence-electron chi connectivity index (χ3n) is 5.85. The lowest BCUT2D eigenvalue weighted by Gasteiger charge is -2.29. The predicted molar refractivity (Wildman–Crippen MR) is 122 cm³/mol. The van der Waals surface area contributed by atoms with Gasteiger partial charge in [0.2, 0.25) is 6.79 Å². The summed E-state index contributed by atoms with van der Waals surface area (Å²) in [5.41, 5.74) is 3.77. The Morgan fingerprint density at radius 3 is 2.42 bits per heavy atom. The molecule has 0 saturated carbocycles. The summed E-state index contributed by atoms with van der Waals surface area (Å²) < 4.78 is 18.3. The summed E-state index contributed by atoms with van der Waals surface area (Å²) in [6.07, 6.45) is 0. The fourth-order valence-corrected chi connectivity index (χ4v) is 4.23. The quantitative estimate of drug-likeness (QED) is 0.677. The van der Waals surface area contributed by atoms with Crippen LogP contribution in [0.2, 0.25) is 0 Å². The Morgan fingerprint density at radius 2 is 1.71 bits per heavy atom. The second kappa shape index (κ2) is 8.15. The van der Waals surface area contributed by atoms with Gasteiger partial charge < -0.3 is 29.0 Å². The van der Waals surface area contributed by atoms with Gasteiger partial charge in [0, 0.05) is 54.1 Å². The van der Waals surface area contributed by atoms with Crippen molar-refractivity contribution in [1.29, 1.82) is 0 Å². The number of morpholine rings is 1. The number of aromatic nitrogens is 1. The summed E-state index contributed by atoms with van der Waals surface area (Å²) in [5.74, 6) is 1.41. The Kier molecular flexibility index (Phi) is 5.19. The number of nitrogens with zero attached hydrogens (tertiary/aromatic N) is 2. The van der Waals surface area contributed by atoms with Crippen molar-refractivity contribution in [2.75, 3.05) is 43.3 Å². The molecule has 5 rings (SSSR count). The summed E-state index contributed by atoms with van der Waals surface area (Å²) in [7, 11) is 0. The molecule has 1 fully saturated rings. The van der Waals surface area contributed by atoms with E-state index < -0.39 is 0 Å². The number of anilines is 2. The third kappa shape index (κ3) is 3.81. The van der Waals surface area contributed by atoms with E-state index in [1.165, 1.54) is 5.69 Å². The summed E-state index contributed by atoms with van der Waals surface area (Å²) in [5, 5.41) is 4.37. The van der Waals surface area contributed by atoms with E-state index in [0.29, 0.717) is 12.3 Å². The second-order valence-corrected chi connectivity index (χ2v) is 8.20. The number of hydrogen-bond acceptors (Lipinski definition) is 6. The average Bonchev–Trinajstić information content (AvgIpc) is 3.24. The largest absolute Gasteiger partial charge is 0.454 e. The SMILES string of the molecule is CC(C)n1c(=O)c(CNc2ccc(N3CCOCC3)cc2)cc2cc3c(cc21)OCO3. The molecule has 0 radical (unpaired) electrons. The molecule has 0 spiro atoms. The van der Waals surface area contributed by atoms with Crippen molar-refractivity contribution in [3.05, 3.63) is 58.4 Å². The maximum Gasteiger partial charge on any atom is 0.256 e. The first kappa shape index (κ1) is 19.8. The van der Waals surface area contributed by atoms with Gasteiger partial charge in [0.1, 0.15) is 0 Å². The minimum absolute atomic E-state index is 0.0128. The summed E-state index contributed by atoms with van der Waals surface area (Å²) >= 11 is 0. The Labute approximate surface area is 181 Å². The predicted octanol–water partition coefficient (Wildman–Crippen LogP) is 3.76. The molecule has 1 aromatic heterocycles. The normalized spacial score (nSPS) is 15.6. The first-order valence-corrected chi connectivity index (χ1v) is 10.7. The van der Waals surface area contributed by atoms with Crippen LogP contribution in [0.15, 0.2) is 47.3 Å². The molecule has 7 nitrogen and oxygen atoms in total. The monoisotopic (exact) mass is 421 g/mol. The van der Waals surface area contributed by atoms with Crippen molar-refractivity contribution in [3.8, 4) is 11.5 Å². The smallest absolute Gasteiger partial charge is 0.256 e. The van der Waals surface area contributed by atoms with Crippen LogP contribution >= 0.6 is 0 Å². The minimum Gasteiger partial charge on any atom is -0.454 e. The van der Waals surface area contributed by atoms with Crippen molar-refractivity contribution in [1.82, 2.24) is 4.57 Å². The van der Waals surface area contributed by atoms with E-state index >= 15 is 0 Å². The molecular formula is C24H27N3O4. The molecule has 0 amide bonds. The first-order chi connectivity index (χ1) is 15.1. The van der Waals surface area contributed by atoms with Gasteiger partial charge in [-0.3, -0.25) is 4.79 Å². The Balaban J connectivity index is 1.40. The number of pyridine rings is 1. The zero-order chi connectivity index (χ0) is 21.4. The molecule has 1 N–H and O–H groups in total. The highest BCUT2D eigenvalue weighted by Gasteiger charge is 2.19. The van der Waals surface area contributed by atoms with Crippen LogP contribution < -0.4 is 25.2 Å². The number of ether oxygens (including phenoxy) is 3. The van der Waals surface area contributed by atoms with Crippen molar-refractivity contribution in [2.24, 2.45) is 0 Å². The molecule has 2 aliphatic rings. The lowest BCUT2D eigenvalue weighted by Crippen LogP contribution is -2.36. The van der Waals surface area contributed by atoms with Gasteiger partial charge in [0.25, 0.3) is 5.56 Å². The lowest BCUT2D eigenvalue weighted by molar-refractivity contribution is 0.122. The first-order valence-electron chi connectivity index (χ1n) is 10.7. The van der Waals surface area contributed by atoms with Gasteiger partial charge in [0.15, 0.2) is 11.5 Å². The van der Waals surface area contributed by atoms with E-state index in [9.17, 15) is 4.79 Å². The topological polar surface area (TPSA) is 65.0 Å². The van der Waals surface area contributed by atoms with Gasteiger partial charge in [-0.05, 0) is 50.2 Å². The van der Waals surface area contributed by atoms with E-state index in [0.717, 1.165) is 54.2 Å². The molecule has 3 aromatic rings. The summed E-state index contributed by atoms with van der Waals surface area (Å²) in [6.45, 7) is 8.07. The van der Waals surface area contributed by atoms with Gasteiger partial charge in [-0.25, -0.2) is 0 Å². The van der Waals surface area contributed by atoms with Gasteiger partial charge in [-0.2, -0.15) is 0 Å². The van der Waals surface area contributed by atoms with Crippen LogP contribution in [-0.2, 0) is 11.3 Å². The molecule has 0 aliphatic carbocycles. The fourth-order valence-electron chi connectivity index (χ4n) is 4.23. The molecule has 0 unspecified atom stereocenters. The van der Waals surface area contributed by atoms with Crippen molar-refractivity contribution in [2.45, 2.75) is 26.4 Å². The Bertz CT molecular complexity index is 1150. The maximum atomic E-state index is 13.2. The van der Waals surface area contributed by atoms with Crippen molar-refractivity contribution < 1.29 is 14.2 Å². The molecule has 0 atom stereocenters. The van der Waals surface area contributed by atoms with Crippen LogP contribution in [0, 0.1) is 0 Å². The van der Waals surface area contributed by atoms with Crippen LogP contribution in [0.1, 0.15) is 25.5 Å². The summed E-state index contributed by atoms with van der Waals surface area (Å²) in [4.78, 5) is 15.6. The standard InChI is InChI=1S/C24H27N3O4/c1-16(2)27-21-13-23-22(30-15-31-23)12-17(21)11-18(24(27)28)14-25-19-3-5-20(6-4-19)26-7-9-29-10-8-26/h3-6,11-13,16,25H,7-10,14-15H2,1-2H3. The van der Waals surface area contributed by atoms with Crippen molar-refractivity contribution in [3.63, 3.8) is 0 Å². The van der Waals surface area contributed by atoms with E-state index in [1.54, 1.807) is 0 Å². The number of nitrogens with one attached hydrogen (secondary N) is 1. The van der Waals surface area contributed by atoms with Crippen molar-refractivity contribution >= 4 is 22.3 Å². The molecule has 3 heterocycles. The third-order valence-corrected chi connectivity index (χ3v) is 5.85. The van der Waals surface area contributed by atoms with E-state index in [-0.39, 0.29) is 18.4 Å². The Hall–Kier alpha value is -3.19. The zero-order valence-electron chi connectivity index (χ0n) is 17.9. The van der Waals surface area contributed by atoms with Gasteiger partial charge in [-0.1, -0.05) is 0 Å². The molecule has 31 heavy (non-hydrogen) atoms. The molecule has 1 saturated heterocycles. The van der Waals surface area contributed by atoms with Crippen LogP contribution in [0.3, 0.4) is 0 Å². The lowest BCUT2D eigenvalue weighted by atomic mass is 10.1. The molecule has 0 bridgehead atoms. The maximum absolute atomic E-state index is 13.2. The van der Waals surface area contributed by atoms with Crippen LogP contribution in [0.4, 0.5) is 11.4 Å². The number of benzene rings is 2. The number of hydrogen-bond donors (Lipinski definition) is 1. The van der Waals surface area contributed by atoms with E-state index in [2.05, 4.69) is 34.5 Å². The highest BCUT2D eigenvalue weighted by atomic mass is 16.7. The fraction of sp³-hybridized carbons (Fsp3) is 0.375. The average molecular weight is 421 g/mol. The van der Waals surface area contributed by atoms with E-state index in [1.807, 2.05) is 36.6 Å². The molecular weight excluding hydrogens is 394 g/mol. The van der Waals surface area contributed by atoms with Gasteiger partial charge in [-0.15, -0.1) is 0 Å². The van der Waals surface area contributed by atoms with E-state index in [4.69, 9.17) is 14.2 Å². The highest BCUT2D eigenvalue weighted by Crippen LogP contribution is 2.36. The minimum atomic E-state index is 0.0128.